The number of hydrogen-bond donors (Lipinski definition) is 3. The van der Waals surface area contributed by atoms with Gasteiger partial charge >= 0.3 is 0 Å². The first-order valence-electron chi connectivity index (χ1n) is 16.6. The molecule has 0 aliphatic carbocycles. The lowest BCUT2D eigenvalue weighted by Gasteiger charge is -2.36. The molecule has 4 N–H and O–H groups in total. The normalized spacial score (nSPS) is 14.1. The summed E-state index contributed by atoms with van der Waals surface area (Å²) in [5.74, 6) is -0.289. The molecular formula is C37H46N6O3Si. The van der Waals surface area contributed by atoms with E-state index in [1.165, 1.54) is 0 Å². The second kappa shape index (κ2) is 15.5. The van der Waals surface area contributed by atoms with Gasteiger partial charge in [-0.25, -0.2) is 4.68 Å². The first-order chi connectivity index (χ1) is 22.7. The van der Waals surface area contributed by atoms with Gasteiger partial charge in [0.05, 0.1) is 23.9 Å². The minimum absolute atomic E-state index is 0.0911. The Morgan fingerprint density at radius 3 is 2.43 bits per heavy atom. The first-order valence-corrected chi connectivity index (χ1v) is 17.6. The summed E-state index contributed by atoms with van der Waals surface area (Å²) in [5, 5.41) is 16.3. The number of anilines is 2. The summed E-state index contributed by atoms with van der Waals surface area (Å²) in [5.41, 5.74) is 13.1. The fraction of sp³-hybridized carbons (Fsp3) is 0.378. The standard InChI is InChI=1S/C37H46N6O3Si/c1-5-7-17-41(18-8-6-2)37(46)33-19-26(4)43(39-33)34-16-15-30(40-47-35-21-29(38)14-13-25(35)3)22-32(34)36(45)42-23-28-12-10-9-11-27(28)20-31(42)24-44/h9-16,19,21-22,31,40,44H,5-8,17-18,20,23-24,38H2,1-4H3/t31-/m0/s1. The van der Waals surface area contributed by atoms with Gasteiger partial charge in [-0.2, -0.15) is 5.10 Å². The zero-order chi connectivity index (χ0) is 33.5. The van der Waals surface area contributed by atoms with Gasteiger partial charge in [-0.3, -0.25) is 9.59 Å². The van der Waals surface area contributed by atoms with Crippen LogP contribution in [0.15, 0.2) is 66.7 Å². The van der Waals surface area contributed by atoms with Gasteiger partial charge in [-0.1, -0.05) is 62.6 Å². The highest BCUT2D eigenvalue weighted by molar-refractivity contribution is 6.57. The number of carbonyl (C=O) groups is 2. The fourth-order valence-electron chi connectivity index (χ4n) is 6.02. The van der Waals surface area contributed by atoms with Crippen LogP contribution in [0.3, 0.4) is 0 Å². The summed E-state index contributed by atoms with van der Waals surface area (Å²) in [4.78, 5) is 35.4. The van der Waals surface area contributed by atoms with Crippen molar-refractivity contribution in [2.45, 2.75) is 72.4 Å². The van der Waals surface area contributed by atoms with Crippen LogP contribution >= 0.6 is 0 Å². The van der Waals surface area contributed by atoms with E-state index in [-0.39, 0.29) is 34.1 Å². The summed E-state index contributed by atoms with van der Waals surface area (Å²) in [7, 11) is 0.235. The number of nitrogens with two attached hydrogens (primary N) is 1. The van der Waals surface area contributed by atoms with Gasteiger partial charge in [-0.15, -0.1) is 0 Å². The average molecular weight is 651 g/mol. The van der Waals surface area contributed by atoms with E-state index in [1.54, 1.807) is 9.58 Å². The number of aliphatic hydroxyl groups excluding tert-OH is 1. The Hall–Kier alpha value is -4.41. The number of nitrogens with zero attached hydrogens (tertiary/aromatic N) is 4. The minimum Gasteiger partial charge on any atom is -0.408 e. The van der Waals surface area contributed by atoms with Crippen molar-refractivity contribution in [1.82, 2.24) is 19.6 Å². The average Bonchev–Trinajstić information content (AvgIpc) is 3.48. The number of benzene rings is 3. The van der Waals surface area contributed by atoms with Gasteiger partial charge < -0.3 is 25.6 Å². The lowest BCUT2D eigenvalue weighted by atomic mass is 9.93. The Bertz CT molecular complexity index is 1710. The van der Waals surface area contributed by atoms with E-state index in [0.717, 1.165) is 58.9 Å². The monoisotopic (exact) mass is 650 g/mol. The number of nitrogens with one attached hydrogen (secondary N) is 1. The largest absolute Gasteiger partial charge is 0.408 e. The predicted molar refractivity (Wildman–Crippen MR) is 190 cm³/mol. The second-order valence-corrected chi connectivity index (χ2v) is 13.4. The molecule has 9 nitrogen and oxygen atoms in total. The van der Waals surface area contributed by atoms with Crippen LogP contribution in [0.1, 0.15) is 82.8 Å². The van der Waals surface area contributed by atoms with Crippen LogP contribution in [-0.4, -0.2) is 71.9 Å². The number of hydrogen-bond acceptors (Lipinski definition) is 6. The maximum atomic E-state index is 14.6. The van der Waals surface area contributed by atoms with E-state index in [9.17, 15) is 14.7 Å². The molecule has 2 heterocycles. The number of nitrogen functional groups attached to an aromatic ring is 1. The van der Waals surface area contributed by atoms with Crippen LogP contribution in [0.2, 0.25) is 0 Å². The maximum Gasteiger partial charge on any atom is 0.274 e. The molecule has 4 aromatic rings. The van der Waals surface area contributed by atoms with Crippen molar-refractivity contribution >= 4 is 38.1 Å². The van der Waals surface area contributed by atoms with Gasteiger partial charge in [0.2, 0.25) is 9.68 Å². The summed E-state index contributed by atoms with van der Waals surface area (Å²) in [6, 6.07) is 21.1. The van der Waals surface area contributed by atoms with Gasteiger partial charge in [0.1, 0.15) is 0 Å². The number of carbonyl (C=O) groups excluding carboxylic acids is 2. The summed E-state index contributed by atoms with van der Waals surface area (Å²) in [6.45, 7) is 9.84. The molecule has 5 rings (SSSR count). The highest BCUT2D eigenvalue weighted by atomic mass is 28.2. The summed E-state index contributed by atoms with van der Waals surface area (Å²) >= 11 is 0. The second-order valence-electron chi connectivity index (χ2n) is 12.4. The Balaban J connectivity index is 1.52. The van der Waals surface area contributed by atoms with Crippen molar-refractivity contribution in [2.75, 3.05) is 30.4 Å². The predicted octanol–water partition coefficient (Wildman–Crippen LogP) is 5.03. The lowest BCUT2D eigenvalue weighted by Crippen LogP contribution is -2.46. The number of fused-ring (bicyclic) bond motifs is 1. The molecule has 10 heteroatoms. The molecule has 0 saturated heterocycles. The highest BCUT2D eigenvalue weighted by Crippen LogP contribution is 2.29. The van der Waals surface area contributed by atoms with Crippen LogP contribution in [0, 0.1) is 13.8 Å². The van der Waals surface area contributed by atoms with Crippen molar-refractivity contribution in [3.8, 4) is 5.69 Å². The van der Waals surface area contributed by atoms with Crippen LogP contribution in [0.5, 0.6) is 0 Å². The zero-order valence-electron chi connectivity index (χ0n) is 27.9. The third-order valence-electron chi connectivity index (χ3n) is 8.84. The van der Waals surface area contributed by atoms with Crippen LogP contribution < -0.4 is 15.9 Å². The molecule has 0 unspecified atom stereocenters. The number of aryl methyl sites for hydroxylation is 2. The van der Waals surface area contributed by atoms with Gasteiger partial charge in [0.15, 0.2) is 5.69 Å². The van der Waals surface area contributed by atoms with Gasteiger partial charge in [-0.05, 0) is 85.8 Å². The van der Waals surface area contributed by atoms with E-state index < -0.39 is 0 Å². The molecule has 0 saturated carbocycles. The third kappa shape index (κ3) is 7.77. The number of aliphatic hydroxyl groups is 1. The van der Waals surface area contributed by atoms with E-state index >= 15 is 0 Å². The SMILES string of the molecule is CCCCN(CCCC)C(=O)c1cc(C)n(-c2ccc(N[Si]c3cc(N)ccc3C)cc2C(=O)N2Cc3ccccc3C[C@H]2CO)n1. The van der Waals surface area contributed by atoms with Crippen molar-refractivity contribution in [1.29, 1.82) is 0 Å². The molecule has 1 aliphatic rings. The Morgan fingerprint density at radius 2 is 1.72 bits per heavy atom. The number of rotatable bonds is 13. The van der Waals surface area contributed by atoms with Crippen molar-refractivity contribution in [3.63, 3.8) is 0 Å². The molecular weight excluding hydrogens is 605 g/mol. The molecule has 0 fully saturated rings. The van der Waals surface area contributed by atoms with Crippen LogP contribution in [0.25, 0.3) is 5.69 Å². The number of amides is 2. The molecule has 1 aliphatic heterocycles. The molecule has 0 bridgehead atoms. The fourth-order valence-corrected chi connectivity index (χ4v) is 6.98. The molecule has 0 spiro atoms. The van der Waals surface area contributed by atoms with E-state index in [2.05, 4.69) is 31.8 Å². The molecule has 2 radical (unpaired) electrons. The molecule has 1 atom stereocenters. The van der Waals surface area contributed by atoms with Crippen molar-refractivity contribution in [2.24, 2.45) is 0 Å². The molecule has 47 heavy (non-hydrogen) atoms. The van der Waals surface area contributed by atoms with E-state index in [0.29, 0.717) is 48.7 Å². The van der Waals surface area contributed by atoms with Crippen LogP contribution in [0.4, 0.5) is 11.4 Å². The highest BCUT2D eigenvalue weighted by Gasteiger charge is 2.32. The Labute approximate surface area is 280 Å². The minimum atomic E-state index is -0.361. The maximum absolute atomic E-state index is 14.6. The number of aromatic nitrogens is 2. The van der Waals surface area contributed by atoms with Crippen LogP contribution in [-0.2, 0) is 13.0 Å². The first kappa shape index (κ1) is 33.9. The molecule has 1 aromatic heterocycles. The Morgan fingerprint density at radius 1 is 1.00 bits per heavy atom. The smallest absolute Gasteiger partial charge is 0.274 e. The number of unbranched alkanes of at least 4 members (excludes halogenated alkanes) is 2. The quantitative estimate of drug-likeness (QED) is 0.138. The van der Waals surface area contributed by atoms with Crippen molar-refractivity contribution < 1.29 is 14.7 Å². The van der Waals surface area contributed by atoms with Crippen molar-refractivity contribution in [3.05, 3.63) is 100 Å². The molecule has 2 amide bonds. The van der Waals surface area contributed by atoms with Gasteiger partial charge in [0, 0.05) is 36.7 Å². The van der Waals surface area contributed by atoms with E-state index in [4.69, 9.17) is 10.8 Å². The molecule has 3 aromatic carbocycles. The van der Waals surface area contributed by atoms with Gasteiger partial charge in [0.25, 0.3) is 11.8 Å². The topological polar surface area (TPSA) is 117 Å². The van der Waals surface area contributed by atoms with E-state index in [1.807, 2.05) is 72.5 Å². The Kier molecular flexibility index (Phi) is 11.2. The summed E-state index contributed by atoms with van der Waals surface area (Å²) in [6.07, 6.45) is 4.45. The summed E-state index contributed by atoms with van der Waals surface area (Å²) < 4.78 is 1.71. The lowest BCUT2D eigenvalue weighted by molar-refractivity contribution is 0.0544. The zero-order valence-corrected chi connectivity index (χ0v) is 28.9. The third-order valence-corrected chi connectivity index (χ3v) is 10.1. The molecule has 246 valence electrons.